The largest absolute Gasteiger partial charge is 0.326 e. The molecule has 24 heavy (non-hydrogen) atoms. The van der Waals surface area contributed by atoms with E-state index in [9.17, 15) is 14.0 Å². The third kappa shape index (κ3) is 6.23. The highest BCUT2D eigenvalue weighted by atomic mass is 19.1. The van der Waals surface area contributed by atoms with Crippen LogP contribution in [-0.4, -0.2) is 18.0 Å². The van der Waals surface area contributed by atoms with Gasteiger partial charge >= 0.3 is 0 Å². The molecule has 2 amide bonds. The normalized spacial score (nSPS) is 10.9. The van der Waals surface area contributed by atoms with Crippen LogP contribution in [0.15, 0.2) is 65.8 Å². The number of carbonyl (C=O) groups is 2. The highest BCUT2D eigenvalue weighted by molar-refractivity contribution is 6.03. The summed E-state index contributed by atoms with van der Waals surface area (Å²) in [6.45, 7) is 0. The van der Waals surface area contributed by atoms with Crippen LogP contribution >= 0.6 is 0 Å². The van der Waals surface area contributed by atoms with Crippen molar-refractivity contribution in [3.8, 4) is 0 Å². The molecule has 0 fully saturated rings. The summed E-state index contributed by atoms with van der Waals surface area (Å²) in [7, 11) is 0. The maximum Gasteiger partial charge on any atom is 0.249 e. The Morgan fingerprint density at radius 1 is 1.00 bits per heavy atom. The first kappa shape index (κ1) is 17.1. The number of hydrogen-bond donors (Lipinski definition) is 2. The average molecular weight is 325 g/mol. The van der Waals surface area contributed by atoms with Crippen LogP contribution in [0.4, 0.5) is 10.1 Å². The molecule has 5 nitrogen and oxygen atoms in total. The van der Waals surface area contributed by atoms with Crippen LogP contribution in [0.2, 0.25) is 0 Å². The first-order chi connectivity index (χ1) is 11.6. The summed E-state index contributed by atoms with van der Waals surface area (Å²) in [6, 6.07) is 14.9. The molecule has 2 rings (SSSR count). The molecule has 0 heterocycles. The van der Waals surface area contributed by atoms with Crippen molar-refractivity contribution in [1.82, 2.24) is 5.43 Å². The number of rotatable bonds is 6. The minimum absolute atomic E-state index is 0.378. The standard InChI is InChI=1S/C18H16FN3O2/c19-15-8-10-16(11-9-15)21-17(23)13-18(24)22-20-12-4-7-14-5-2-1-3-6-14/h1-12H,13H2,(H,21,23)(H,22,24). The van der Waals surface area contributed by atoms with Gasteiger partial charge in [0, 0.05) is 11.9 Å². The van der Waals surface area contributed by atoms with Crippen molar-refractivity contribution in [3.05, 3.63) is 72.1 Å². The number of anilines is 1. The van der Waals surface area contributed by atoms with Crippen molar-refractivity contribution in [2.45, 2.75) is 6.42 Å². The second-order valence-electron chi connectivity index (χ2n) is 4.81. The molecule has 0 bridgehead atoms. The lowest BCUT2D eigenvalue weighted by molar-refractivity contribution is -0.126. The van der Waals surface area contributed by atoms with E-state index in [0.717, 1.165) is 5.56 Å². The fraction of sp³-hybridized carbons (Fsp3) is 0.0556. The van der Waals surface area contributed by atoms with Crippen LogP contribution in [-0.2, 0) is 9.59 Å². The van der Waals surface area contributed by atoms with Crippen molar-refractivity contribution < 1.29 is 14.0 Å². The highest BCUT2D eigenvalue weighted by Gasteiger charge is 2.08. The topological polar surface area (TPSA) is 70.6 Å². The van der Waals surface area contributed by atoms with E-state index >= 15 is 0 Å². The van der Waals surface area contributed by atoms with E-state index in [2.05, 4.69) is 15.8 Å². The maximum atomic E-state index is 12.7. The van der Waals surface area contributed by atoms with Gasteiger partial charge in [-0.2, -0.15) is 5.10 Å². The van der Waals surface area contributed by atoms with E-state index in [1.54, 1.807) is 6.08 Å². The summed E-state index contributed by atoms with van der Waals surface area (Å²) in [6.07, 6.45) is 4.55. The minimum Gasteiger partial charge on any atom is -0.326 e. The number of hydrazone groups is 1. The molecule has 2 aromatic rings. The van der Waals surface area contributed by atoms with Crippen molar-refractivity contribution >= 4 is 29.8 Å². The minimum atomic E-state index is -0.543. The average Bonchev–Trinajstić information content (AvgIpc) is 2.57. The molecule has 122 valence electrons. The SMILES string of the molecule is O=C(CC(=O)Nc1ccc(F)cc1)NN=CC=Cc1ccccc1. The Morgan fingerprint density at radius 2 is 1.71 bits per heavy atom. The molecule has 0 radical (unpaired) electrons. The molecule has 2 aromatic carbocycles. The molecule has 0 aliphatic heterocycles. The predicted octanol–water partition coefficient (Wildman–Crippen LogP) is 2.97. The first-order valence-electron chi connectivity index (χ1n) is 7.22. The zero-order valence-electron chi connectivity index (χ0n) is 12.8. The second kappa shape index (κ2) is 8.99. The lowest BCUT2D eigenvalue weighted by Crippen LogP contribution is -2.24. The molecule has 0 unspecified atom stereocenters. The summed E-state index contributed by atoms with van der Waals surface area (Å²) in [4.78, 5) is 23.2. The first-order valence-corrected chi connectivity index (χ1v) is 7.22. The molecular weight excluding hydrogens is 309 g/mol. The summed E-state index contributed by atoms with van der Waals surface area (Å²) in [5, 5.41) is 6.21. The number of hydrogen-bond acceptors (Lipinski definition) is 3. The van der Waals surface area contributed by atoms with Gasteiger partial charge in [0.15, 0.2) is 0 Å². The van der Waals surface area contributed by atoms with Gasteiger partial charge in [-0.05, 0) is 35.9 Å². The molecule has 0 aliphatic carbocycles. The Bertz CT molecular complexity index is 741. The number of amides is 2. The van der Waals surface area contributed by atoms with E-state index in [4.69, 9.17) is 0 Å². The van der Waals surface area contributed by atoms with Gasteiger partial charge in [0.2, 0.25) is 11.8 Å². The number of nitrogens with zero attached hydrogens (tertiary/aromatic N) is 1. The fourth-order valence-corrected chi connectivity index (χ4v) is 1.79. The lowest BCUT2D eigenvalue weighted by Gasteiger charge is -2.04. The molecule has 2 N–H and O–H groups in total. The van der Waals surface area contributed by atoms with Gasteiger partial charge in [-0.1, -0.05) is 36.4 Å². The van der Waals surface area contributed by atoms with E-state index in [1.165, 1.54) is 30.5 Å². The number of halogens is 1. The Kier molecular flexibility index (Phi) is 6.40. The van der Waals surface area contributed by atoms with E-state index in [0.29, 0.717) is 5.69 Å². The Hall–Kier alpha value is -3.28. The Morgan fingerprint density at radius 3 is 2.42 bits per heavy atom. The van der Waals surface area contributed by atoms with Gasteiger partial charge in [0.25, 0.3) is 0 Å². The second-order valence-corrected chi connectivity index (χ2v) is 4.81. The van der Waals surface area contributed by atoms with Crippen LogP contribution in [0.5, 0.6) is 0 Å². The number of benzene rings is 2. The molecule has 0 saturated heterocycles. The molecule has 0 spiro atoms. The monoisotopic (exact) mass is 325 g/mol. The van der Waals surface area contributed by atoms with Gasteiger partial charge in [0.1, 0.15) is 12.2 Å². The van der Waals surface area contributed by atoms with Crippen molar-refractivity contribution in [1.29, 1.82) is 0 Å². The summed E-state index contributed by atoms with van der Waals surface area (Å²) in [5.74, 6) is -1.45. The quantitative estimate of drug-likeness (QED) is 0.487. The zero-order valence-corrected chi connectivity index (χ0v) is 12.8. The highest BCUT2D eigenvalue weighted by Crippen LogP contribution is 2.08. The summed E-state index contributed by atoms with van der Waals surface area (Å²) in [5.41, 5.74) is 3.68. The molecule has 6 heteroatoms. The predicted molar refractivity (Wildman–Crippen MR) is 91.8 cm³/mol. The van der Waals surface area contributed by atoms with Crippen molar-refractivity contribution in [3.63, 3.8) is 0 Å². The van der Waals surface area contributed by atoms with Crippen LogP contribution in [0.1, 0.15) is 12.0 Å². The lowest BCUT2D eigenvalue weighted by atomic mass is 10.2. The summed E-state index contributed by atoms with van der Waals surface area (Å²) >= 11 is 0. The number of allylic oxidation sites excluding steroid dienone is 1. The summed E-state index contributed by atoms with van der Waals surface area (Å²) < 4.78 is 12.7. The van der Waals surface area contributed by atoms with Gasteiger partial charge < -0.3 is 5.32 Å². The number of nitrogens with one attached hydrogen (secondary N) is 2. The van der Waals surface area contributed by atoms with Crippen LogP contribution in [0.3, 0.4) is 0 Å². The van der Waals surface area contributed by atoms with Crippen LogP contribution in [0.25, 0.3) is 6.08 Å². The number of carbonyl (C=O) groups excluding carboxylic acids is 2. The maximum absolute atomic E-state index is 12.7. The smallest absolute Gasteiger partial charge is 0.249 e. The van der Waals surface area contributed by atoms with Gasteiger partial charge in [-0.15, -0.1) is 0 Å². The Balaban J connectivity index is 1.72. The molecule has 0 saturated carbocycles. The van der Waals surface area contributed by atoms with E-state index in [1.807, 2.05) is 36.4 Å². The van der Waals surface area contributed by atoms with E-state index < -0.39 is 17.6 Å². The van der Waals surface area contributed by atoms with Crippen molar-refractivity contribution in [2.75, 3.05) is 5.32 Å². The van der Waals surface area contributed by atoms with Crippen LogP contribution in [0, 0.1) is 5.82 Å². The molecule has 0 aromatic heterocycles. The van der Waals surface area contributed by atoms with E-state index in [-0.39, 0.29) is 6.42 Å². The third-order valence-corrected chi connectivity index (χ3v) is 2.89. The van der Waals surface area contributed by atoms with Gasteiger partial charge in [-0.3, -0.25) is 9.59 Å². The van der Waals surface area contributed by atoms with Gasteiger partial charge in [-0.25, -0.2) is 9.82 Å². The zero-order chi connectivity index (χ0) is 17.2. The van der Waals surface area contributed by atoms with Gasteiger partial charge in [0.05, 0.1) is 0 Å². The molecule has 0 atom stereocenters. The Labute approximate surface area is 138 Å². The van der Waals surface area contributed by atoms with Crippen molar-refractivity contribution in [2.24, 2.45) is 5.10 Å². The third-order valence-electron chi connectivity index (χ3n) is 2.89. The molecular formula is C18H16FN3O2. The van der Waals surface area contributed by atoms with Crippen LogP contribution < -0.4 is 10.7 Å². The fourth-order valence-electron chi connectivity index (χ4n) is 1.79. The molecule has 0 aliphatic rings.